The third kappa shape index (κ3) is 2.86. The highest BCUT2D eigenvalue weighted by atomic mass is 15.3. The summed E-state index contributed by atoms with van der Waals surface area (Å²) < 4.78 is 1.95. The summed E-state index contributed by atoms with van der Waals surface area (Å²) in [5.74, 6) is 0.824. The van der Waals surface area contributed by atoms with Crippen molar-refractivity contribution in [3.63, 3.8) is 0 Å². The molecular weight excluding hydrogens is 300 g/mol. The fraction of sp³-hybridized carbons (Fsp3) is 0.167. The van der Waals surface area contributed by atoms with Crippen molar-refractivity contribution in [3.8, 4) is 0 Å². The molecule has 3 aromatic heterocycles. The van der Waals surface area contributed by atoms with Crippen LogP contribution in [0.25, 0.3) is 11.0 Å². The molecule has 4 aromatic rings. The Morgan fingerprint density at radius 3 is 2.92 bits per heavy atom. The molecule has 0 radical (unpaired) electrons. The summed E-state index contributed by atoms with van der Waals surface area (Å²) in [6.07, 6.45) is 7.40. The molecule has 0 spiro atoms. The smallest absolute Gasteiger partial charge is 0.142 e. The minimum Gasteiger partial charge on any atom is -0.363 e. The zero-order valence-electron chi connectivity index (χ0n) is 13.3. The van der Waals surface area contributed by atoms with Gasteiger partial charge in [0.1, 0.15) is 17.8 Å². The van der Waals surface area contributed by atoms with Crippen molar-refractivity contribution >= 4 is 16.9 Å². The third-order valence-electron chi connectivity index (χ3n) is 4.05. The molecular formula is C18H18N6. The number of anilines is 1. The van der Waals surface area contributed by atoms with Crippen LogP contribution in [0, 0.1) is 0 Å². The van der Waals surface area contributed by atoms with E-state index in [1.165, 1.54) is 5.56 Å². The number of hydrogen-bond donors (Lipinski definition) is 2. The standard InChI is InChI=1S/C18H18N6/c1-13(23-18-16-7-8-19-17(16)20-12-21-18)15-9-22-24(11-15)10-14-5-3-2-4-6-14/h2-9,11-13H,10H2,1H3,(H2,19,20,21,23)/t13-/m1/s1. The number of nitrogens with one attached hydrogen (secondary N) is 2. The van der Waals surface area contributed by atoms with E-state index in [4.69, 9.17) is 0 Å². The van der Waals surface area contributed by atoms with Crippen LogP contribution >= 0.6 is 0 Å². The summed E-state index contributed by atoms with van der Waals surface area (Å²) in [6, 6.07) is 12.4. The number of nitrogens with zero attached hydrogens (tertiary/aromatic N) is 4. The summed E-state index contributed by atoms with van der Waals surface area (Å²) in [5, 5.41) is 8.89. The average Bonchev–Trinajstić information content (AvgIpc) is 3.25. The number of aromatic amines is 1. The van der Waals surface area contributed by atoms with E-state index >= 15 is 0 Å². The molecule has 2 N–H and O–H groups in total. The Morgan fingerprint density at radius 1 is 1.17 bits per heavy atom. The molecule has 6 heteroatoms. The molecule has 0 aliphatic carbocycles. The lowest BCUT2D eigenvalue weighted by atomic mass is 10.2. The van der Waals surface area contributed by atoms with Gasteiger partial charge in [0.2, 0.25) is 0 Å². The van der Waals surface area contributed by atoms with E-state index in [1.54, 1.807) is 6.33 Å². The average molecular weight is 318 g/mol. The van der Waals surface area contributed by atoms with Gasteiger partial charge in [-0.3, -0.25) is 4.68 Å². The minimum absolute atomic E-state index is 0.0996. The molecule has 0 aliphatic rings. The monoisotopic (exact) mass is 318 g/mol. The molecule has 4 rings (SSSR count). The predicted molar refractivity (Wildman–Crippen MR) is 93.7 cm³/mol. The first-order valence-corrected chi connectivity index (χ1v) is 7.90. The number of benzene rings is 1. The van der Waals surface area contributed by atoms with Crippen LogP contribution in [0.4, 0.5) is 5.82 Å². The van der Waals surface area contributed by atoms with Crippen molar-refractivity contribution in [1.82, 2.24) is 24.7 Å². The van der Waals surface area contributed by atoms with Crippen molar-refractivity contribution in [2.75, 3.05) is 5.32 Å². The number of hydrogen-bond acceptors (Lipinski definition) is 4. The van der Waals surface area contributed by atoms with E-state index < -0.39 is 0 Å². The van der Waals surface area contributed by atoms with E-state index in [1.807, 2.05) is 41.3 Å². The SMILES string of the molecule is C[C@@H](Nc1ncnc2[nH]ccc12)c1cnn(Cc2ccccc2)c1. The number of fused-ring (bicyclic) bond motifs is 1. The van der Waals surface area contributed by atoms with Crippen LogP contribution in [0.3, 0.4) is 0 Å². The first-order valence-electron chi connectivity index (χ1n) is 7.90. The number of aromatic nitrogens is 5. The summed E-state index contributed by atoms with van der Waals surface area (Å²) in [6.45, 7) is 2.87. The molecule has 0 aliphatic heterocycles. The first kappa shape index (κ1) is 14.4. The van der Waals surface area contributed by atoms with Gasteiger partial charge in [0.15, 0.2) is 0 Å². The molecule has 0 bridgehead atoms. The molecule has 6 nitrogen and oxygen atoms in total. The molecule has 3 heterocycles. The molecule has 0 amide bonds. The predicted octanol–water partition coefficient (Wildman–Crippen LogP) is 3.38. The van der Waals surface area contributed by atoms with Gasteiger partial charge >= 0.3 is 0 Å². The quantitative estimate of drug-likeness (QED) is 0.592. The highest BCUT2D eigenvalue weighted by Crippen LogP contribution is 2.23. The van der Waals surface area contributed by atoms with E-state index in [-0.39, 0.29) is 6.04 Å². The third-order valence-corrected chi connectivity index (χ3v) is 4.05. The second kappa shape index (κ2) is 6.16. The van der Waals surface area contributed by atoms with Gasteiger partial charge in [0.25, 0.3) is 0 Å². The molecule has 1 atom stereocenters. The second-order valence-corrected chi connectivity index (χ2v) is 5.79. The zero-order valence-corrected chi connectivity index (χ0v) is 13.3. The van der Waals surface area contributed by atoms with Crippen LogP contribution in [-0.2, 0) is 6.54 Å². The Morgan fingerprint density at radius 2 is 2.04 bits per heavy atom. The van der Waals surface area contributed by atoms with Crippen molar-refractivity contribution in [2.24, 2.45) is 0 Å². The van der Waals surface area contributed by atoms with Gasteiger partial charge in [0, 0.05) is 18.0 Å². The maximum atomic E-state index is 4.46. The van der Waals surface area contributed by atoms with Gasteiger partial charge < -0.3 is 10.3 Å². The van der Waals surface area contributed by atoms with Crippen LogP contribution in [0.15, 0.2) is 61.3 Å². The summed E-state index contributed by atoms with van der Waals surface area (Å²) >= 11 is 0. The second-order valence-electron chi connectivity index (χ2n) is 5.79. The van der Waals surface area contributed by atoms with Gasteiger partial charge in [0.05, 0.1) is 24.2 Å². The largest absolute Gasteiger partial charge is 0.363 e. The number of H-pyrrole nitrogens is 1. The Bertz CT molecular complexity index is 940. The van der Waals surface area contributed by atoms with E-state index in [0.29, 0.717) is 0 Å². The highest BCUT2D eigenvalue weighted by Gasteiger charge is 2.11. The summed E-state index contributed by atoms with van der Waals surface area (Å²) in [7, 11) is 0. The van der Waals surface area contributed by atoms with Crippen LogP contribution in [0.2, 0.25) is 0 Å². The number of rotatable bonds is 5. The summed E-state index contributed by atoms with van der Waals surface area (Å²) in [4.78, 5) is 11.7. The maximum absolute atomic E-state index is 4.46. The van der Waals surface area contributed by atoms with Gasteiger partial charge in [-0.1, -0.05) is 30.3 Å². The first-order chi connectivity index (χ1) is 11.8. The topological polar surface area (TPSA) is 71.4 Å². The van der Waals surface area contributed by atoms with Gasteiger partial charge in [-0.25, -0.2) is 9.97 Å². The van der Waals surface area contributed by atoms with Gasteiger partial charge in [-0.15, -0.1) is 0 Å². The molecule has 120 valence electrons. The molecule has 24 heavy (non-hydrogen) atoms. The molecule has 0 saturated heterocycles. The molecule has 0 saturated carbocycles. The zero-order chi connectivity index (χ0) is 16.4. The van der Waals surface area contributed by atoms with Crippen molar-refractivity contribution < 1.29 is 0 Å². The highest BCUT2D eigenvalue weighted by molar-refractivity contribution is 5.86. The van der Waals surface area contributed by atoms with Crippen molar-refractivity contribution in [2.45, 2.75) is 19.5 Å². The minimum atomic E-state index is 0.0996. The Labute approximate surface area is 139 Å². The molecule has 0 fully saturated rings. The van der Waals surface area contributed by atoms with E-state index in [9.17, 15) is 0 Å². The molecule has 1 aromatic carbocycles. The van der Waals surface area contributed by atoms with Crippen LogP contribution in [-0.4, -0.2) is 24.7 Å². The lowest BCUT2D eigenvalue weighted by molar-refractivity contribution is 0.685. The summed E-state index contributed by atoms with van der Waals surface area (Å²) in [5.41, 5.74) is 3.19. The lowest BCUT2D eigenvalue weighted by Gasteiger charge is -2.13. The van der Waals surface area contributed by atoms with Crippen LogP contribution in [0.1, 0.15) is 24.1 Å². The normalized spacial score (nSPS) is 12.4. The Kier molecular flexibility index (Phi) is 3.70. The van der Waals surface area contributed by atoms with Crippen LogP contribution < -0.4 is 5.32 Å². The van der Waals surface area contributed by atoms with Crippen LogP contribution in [0.5, 0.6) is 0 Å². The van der Waals surface area contributed by atoms with E-state index in [0.717, 1.165) is 29.0 Å². The lowest BCUT2D eigenvalue weighted by Crippen LogP contribution is -2.08. The molecule has 0 unspecified atom stereocenters. The Hall–Kier alpha value is -3.15. The Balaban J connectivity index is 1.51. The van der Waals surface area contributed by atoms with Gasteiger partial charge in [-0.05, 0) is 18.6 Å². The maximum Gasteiger partial charge on any atom is 0.142 e. The van der Waals surface area contributed by atoms with Gasteiger partial charge in [-0.2, -0.15) is 5.10 Å². The fourth-order valence-corrected chi connectivity index (χ4v) is 2.74. The fourth-order valence-electron chi connectivity index (χ4n) is 2.74. The van der Waals surface area contributed by atoms with E-state index in [2.05, 4.69) is 50.6 Å². The van der Waals surface area contributed by atoms with Crippen molar-refractivity contribution in [1.29, 1.82) is 0 Å². The van der Waals surface area contributed by atoms with Crippen molar-refractivity contribution in [3.05, 3.63) is 72.4 Å².